The van der Waals surface area contributed by atoms with Crippen molar-refractivity contribution in [2.45, 2.75) is 106 Å². The molecule has 1 aromatic heterocycles. The number of aliphatic hydroxyl groups is 9. The first-order valence-electron chi connectivity index (χ1n) is 16.4. The smallest absolute Gasteiger partial charge is 0.239 e. The summed E-state index contributed by atoms with van der Waals surface area (Å²) in [6, 6.07) is 5.35. The highest BCUT2D eigenvalue weighted by atomic mass is 16.8. The Morgan fingerprint density at radius 3 is 1.92 bits per heavy atom. The molecule has 15 atom stereocenters. The number of hydrogen-bond acceptors (Lipinski definition) is 20. The predicted octanol–water partition coefficient (Wildman–Crippen LogP) is -3.19. The monoisotopic (exact) mass is 756 g/mol. The lowest BCUT2D eigenvalue weighted by atomic mass is 9.97. The van der Waals surface area contributed by atoms with Crippen LogP contribution in [0.5, 0.6) is 28.7 Å². The Balaban J connectivity index is 1.42. The van der Waals surface area contributed by atoms with E-state index in [9.17, 15) is 66.1 Å². The van der Waals surface area contributed by atoms with Gasteiger partial charge in [0, 0.05) is 17.7 Å². The zero-order chi connectivity index (χ0) is 38.6. The van der Waals surface area contributed by atoms with E-state index < -0.39 is 138 Å². The molecule has 2 aromatic carbocycles. The molecule has 6 unspecified atom stereocenters. The van der Waals surface area contributed by atoms with Crippen molar-refractivity contribution in [3.05, 3.63) is 40.6 Å². The molecular weight excluding hydrogens is 716 g/mol. The summed E-state index contributed by atoms with van der Waals surface area (Å²) in [4.78, 5) is 14.2. The summed E-state index contributed by atoms with van der Waals surface area (Å²) in [6.45, 7) is 1.95. The summed E-state index contributed by atoms with van der Waals surface area (Å²) in [5.74, 6) is -3.38. The highest BCUT2D eigenvalue weighted by Crippen LogP contribution is 2.40. The second-order valence-electron chi connectivity index (χ2n) is 13.0. The van der Waals surface area contributed by atoms with Crippen LogP contribution in [0.25, 0.3) is 22.3 Å². The zero-order valence-electron chi connectivity index (χ0n) is 27.9. The van der Waals surface area contributed by atoms with Gasteiger partial charge in [-0.05, 0) is 32.0 Å². The molecule has 53 heavy (non-hydrogen) atoms. The average Bonchev–Trinajstić information content (AvgIpc) is 3.12. The minimum atomic E-state index is -1.96. The molecule has 3 saturated heterocycles. The van der Waals surface area contributed by atoms with E-state index in [-0.39, 0.29) is 16.9 Å². The van der Waals surface area contributed by atoms with Crippen molar-refractivity contribution in [1.82, 2.24) is 0 Å². The molecule has 3 fully saturated rings. The number of aliphatic hydroxyl groups excluding tert-OH is 9. The molecular formula is C33H40O20. The third-order valence-corrected chi connectivity index (χ3v) is 9.36. The minimum absolute atomic E-state index is 0.0899. The highest BCUT2D eigenvalue weighted by molar-refractivity contribution is 5.88. The van der Waals surface area contributed by atoms with E-state index in [1.165, 1.54) is 19.9 Å². The van der Waals surface area contributed by atoms with E-state index in [2.05, 4.69) is 0 Å². The normalized spacial score (nSPS) is 37.8. The van der Waals surface area contributed by atoms with Gasteiger partial charge in [0.1, 0.15) is 77.4 Å². The van der Waals surface area contributed by atoms with E-state index in [0.717, 1.165) is 24.3 Å². The maximum Gasteiger partial charge on any atom is 0.239 e. The SMILES string of the molecule is CC1O[C@@H](Oc2c(-c3ccc(O)c(O)c3)oc3cc(O[C@@H]4OC(C)[C@H](O)[C@H](O)C4O)cc(O)c3c2=O)[C@@H](O[C@@H]2OC(CO)[C@@H](O)C(O)[C@H]2O)C(O)[C@H]1O. The van der Waals surface area contributed by atoms with Gasteiger partial charge in [-0.25, -0.2) is 0 Å². The van der Waals surface area contributed by atoms with Crippen molar-refractivity contribution in [1.29, 1.82) is 0 Å². The van der Waals surface area contributed by atoms with Crippen molar-refractivity contribution in [2.24, 2.45) is 0 Å². The van der Waals surface area contributed by atoms with Crippen molar-refractivity contribution in [3.63, 3.8) is 0 Å². The molecule has 0 aliphatic carbocycles. The highest BCUT2D eigenvalue weighted by Gasteiger charge is 2.51. The summed E-state index contributed by atoms with van der Waals surface area (Å²) in [5.41, 5.74) is -1.53. The third kappa shape index (κ3) is 7.22. The van der Waals surface area contributed by atoms with E-state index in [1.54, 1.807) is 0 Å². The van der Waals surface area contributed by atoms with Gasteiger partial charge in [-0.1, -0.05) is 0 Å². The van der Waals surface area contributed by atoms with Crippen molar-refractivity contribution >= 4 is 11.0 Å². The van der Waals surface area contributed by atoms with Gasteiger partial charge in [-0.15, -0.1) is 0 Å². The predicted molar refractivity (Wildman–Crippen MR) is 172 cm³/mol. The van der Waals surface area contributed by atoms with Crippen LogP contribution >= 0.6 is 0 Å². The summed E-state index contributed by atoms with van der Waals surface area (Å²) in [5, 5.41) is 124. The maximum atomic E-state index is 14.2. The van der Waals surface area contributed by atoms with Crippen molar-refractivity contribution in [2.75, 3.05) is 6.61 Å². The molecule has 12 N–H and O–H groups in total. The molecule has 292 valence electrons. The van der Waals surface area contributed by atoms with Crippen LogP contribution in [0.2, 0.25) is 0 Å². The zero-order valence-corrected chi connectivity index (χ0v) is 27.9. The lowest BCUT2D eigenvalue weighted by molar-refractivity contribution is -0.355. The van der Waals surface area contributed by atoms with Gasteiger partial charge in [-0.2, -0.15) is 0 Å². The Hall–Kier alpha value is -3.87. The fourth-order valence-electron chi connectivity index (χ4n) is 6.23. The van der Waals surface area contributed by atoms with E-state index >= 15 is 0 Å². The van der Waals surface area contributed by atoms with Crippen molar-refractivity contribution in [3.8, 4) is 40.1 Å². The van der Waals surface area contributed by atoms with Gasteiger partial charge in [0.05, 0.1) is 18.8 Å². The number of phenols is 3. The number of benzene rings is 2. The first-order chi connectivity index (χ1) is 25.0. The lowest BCUT2D eigenvalue weighted by Crippen LogP contribution is -2.64. The van der Waals surface area contributed by atoms with Crippen molar-refractivity contribution < 1.29 is 94.1 Å². The van der Waals surface area contributed by atoms with Gasteiger partial charge < -0.3 is 94.1 Å². The molecule has 0 spiro atoms. The summed E-state index contributed by atoms with van der Waals surface area (Å²) >= 11 is 0. The lowest BCUT2D eigenvalue weighted by Gasteiger charge is -2.45. The van der Waals surface area contributed by atoms with Gasteiger partial charge in [0.15, 0.2) is 29.7 Å². The number of fused-ring (bicyclic) bond motifs is 1. The maximum absolute atomic E-state index is 14.2. The van der Waals surface area contributed by atoms with E-state index in [0.29, 0.717) is 0 Å². The number of rotatable bonds is 8. The molecule has 20 heteroatoms. The molecule has 20 nitrogen and oxygen atoms in total. The molecule has 6 rings (SSSR count). The van der Waals surface area contributed by atoms with Gasteiger partial charge in [0.25, 0.3) is 0 Å². The van der Waals surface area contributed by atoms with E-state index in [4.69, 9.17) is 32.8 Å². The quantitative estimate of drug-likeness (QED) is 0.101. The summed E-state index contributed by atoms with van der Waals surface area (Å²) in [7, 11) is 0. The Kier molecular flexibility index (Phi) is 11.1. The van der Waals surface area contributed by atoms with Crippen LogP contribution in [0.1, 0.15) is 13.8 Å². The van der Waals surface area contributed by atoms with E-state index in [1.807, 2.05) is 0 Å². The largest absolute Gasteiger partial charge is 0.507 e. The van der Waals surface area contributed by atoms with Crippen LogP contribution in [0.15, 0.2) is 39.5 Å². The molecule has 0 bridgehead atoms. The number of hydrogen-bond donors (Lipinski definition) is 12. The standard InChI is InChI=1S/C33H40O20/c1-9-19(38)23(42)26(45)31(47-9)49-12-6-15(37)18-16(7-12)50-28(11-3-4-13(35)14(36)5-11)29(22(18)41)52-33-30(25(44)20(39)10(2)48-33)53-32-27(46)24(43)21(40)17(8-34)51-32/h3-7,9-10,17,19-21,23-27,30-40,42-46H,8H2,1-2H3/t9?,10?,17?,19-,20-,21+,23-,24?,25?,26?,27+,30-,31-,32-,33-/m0/s1. The summed E-state index contributed by atoms with van der Waals surface area (Å²) < 4.78 is 39.9. The first-order valence-corrected chi connectivity index (χ1v) is 16.4. The van der Waals surface area contributed by atoms with Crippen LogP contribution in [0.3, 0.4) is 0 Å². The van der Waals surface area contributed by atoms with Crippen LogP contribution in [0, 0.1) is 0 Å². The molecule has 3 aliphatic rings. The number of phenolic OH excluding ortho intramolecular Hbond substituents is 3. The molecule has 0 radical (unpaired) electrons. The Morgan fingerprint density at radius 2 is 1.26 bits per heavy atom. The second kappa shape index (κ2) is 15.1. The molecule has 3 aromatic rings. The Labute approximate surface area is 298 Å². The minimum Gasteiger partial charge on any atom is -0.507 e. The van der Waals surface area contributed by atoms with Crippen LogP contribution in [-0.2, 0) is 18.9 Å². The van der Waals surface area contributed by atoms with Crippen LogP contribution < -0.4 is 14.9 Å². The molecule has 4 heterocycles. The first kappa shape index (κ1) is 38.8. The molecule has 3 aliphatic heterocycles. The van der Waals surface area contributed by atoms with Gasteiger partial charge >= 0.3 is 0 Å². The average molecular weight is 757 g/mol. The van der Waals surface area contributed by atoms with Gasteiger partial charge in [-0.3, -0.25) is 4.79 Å². The number of ether oxygens (including phenoxy) is 6. The molecule has 0 amide bonds. The number of aromatic hydroxyl groups is 3. The second-order valence-corrected chi connectivity index (χ2v) is 13.0. The fourth-order valence-corrected chi connectivity index (χ4v) is 6.23. The Morgan fingerprint density at radius 1 is 0.642 bits per heavy atom. The van der Waals surface area contributed by atoms with Crippen LogP contribution in [-0.4, -0.2) is 160 Å². The van der Waals surface area contributed by atoms with Crippen LogP contribution in [0.4, 0.5) is 0 Å². The fraction of sp³-hybridized carbons (Fsp3) is 0.545. The summed E-state index contributed by atoms with van der Waals surface area (Å²) in [6.07, 6.45) is -24.6. The van der Waals surface area contributed by atoms with Gasteiger partial charge in [0.2, 0.25) is 23.8 Å². The Bertz CT molecular complexity index is 1830. The topological polar surface area (TPSA) is 328 Å². The third-order valence-electron chi connectivity index (χ3n) is 9.36. The molecule has 0 saturated carbocycles.